The van der Waals surface area contributed by atoms with Crippen LogP contribution in [0, 0.1) is 11.8 Å². The molecule has 0 bridgehead atoms. The number of nitrogens with one attached hydrogen (secondary N) is 1. The summed E-state index contributed by atoms with van der Waals surface area (Å²) < 4.78 is 1.11. The zero-order valence-corrected chi connectivity index (χ0v) is 12.8. The fourth-order valence-corrected chi connectivity index (χ4v) is 3.33. The Morgan fingerprint density at radius 3 is 2.56 bits per heavy atom. The third kappa shape index (κ3) is 2.89. The molecule has 1 fully saturated rings. The van der Waals surface area contributed by atoms with Crippen molar-refractivity contribution in [2.45, 2.75) is 38.6 Å². The summed E-state index contributed by atoms with van der Waals surface area (Å²) in [6.45, 7) is 5.36. The summed E-state index contributed by atoms with van der Waals surface area (Å²) in [5.41, 5.74) is 7.33. The molecule has 2 rings (SSSR count). The lowest BCUT2D eigenvalue weighted by Crippen LogP contribution is -2.54. The molecule has 1 aliphatic rings. The molecule has 1 aromatic rings. The Labute approximate surface area is 118 Å². The highest BCUT2D eigenvalue weighted by atomic mass is 79.9. The van der Waals surface area contributed by atoms with E-state index in [0.29, 0.717) is 12.5 Å². The minimum Gasteiger partial charge on any atom is -0.378 e. The van der Waals surface area contributed by atoms with Crippen molar-refractivity contribution in [1.29, 1.82) is 0 Å². The van der Waals surface area contributed by atoms with Gasteiger partial charge in [-0.05, 0) is 48.9 Å². The van der Waals surface area contributed by atoms with Gasteiger partial charge >= 0.3 is 0 Å². The Morgan fingerprint density at radius 2 is 1.94 bits per heavy atom. The van der Waals surface area contributed by atoms with E-state index in [-0.39, 0.29) is 5.54 Å². The van der Waals surface area contributed by atoms with Crippen molar-refractivity contribution < 1.29 is 0 Å². The van der Waals surface area contributed by atoms with E-state index in [2.05, 4.69) is 59.4 Å². The van der Waals surface area contributed by atoms with Gasteiger partial charge in [-0.25, -0.2) is 0 Å². The predicted molar refractivity (Wildman–Crippen MR) is 81.7 cm³/mol. The average Bonchev–Trinajstić information content (AvgIpc) is 2.37. The quantitative estimate of drug-likeness (QED) is 0.885. The van der Waals surface area contributed by atoms with Crippen LogP contribution in [0.25, 0.3) is 0 Å². The molecule has 0 amide bonds. The van der Waals surface area contributed by atoms with E-state index in [0.717, 1.165) is 10.4 Å². The van der Waals surface area contributed by atoms with E-state index in [4.69, 9.17) is 5.73 Å². The average molecular weight is 311 g/mol. The van der Waals surface area contributed by atoms with Crippen molar-refractivity contribution in [3.8, 4) is 0 Å². The monoisotopic (exact) mass is 310 g/mol. The van der Waals surface area contributed by atoms with Gasteiger partial charge in [-0.1, -0.05) is 36.2 Å². The van der Waals surface area contributed by atoms with Crippen molar-refractivity contribution in [2.24, 2.45) is 17.6 Å². The standard InChI is InChI=1S/C15H23BrN2/c1-11-3-4-12(2)15(9-11,10-17)18-14-7-5-13(16)6-8-14/h5-8,11-12,18H,3-4,9-10,17H2,1-2H3. The first-order chi connectivity index (χ1) is 8.55. The number of hydrogen-bond acceptors (Lipinski definition) is 2. The Bertz CT molecular complexity index is 390. The summed E-state index contributed by atoms with van der Waals surface area (Å²) >= 11 is 3.47. The van der Waals surface area contributed by atoms with E-state index < -0.39 is 0 Å². The lowest BCUT2D eigenvalue weighted by molar-refractivity contribution is 0.188. The minimum atomic E-state index is 0.0610. The Hall–Kier alpha value is -0.540. The van der Waals surface area contributed by atoms with Crippen LogP contribution >= 0.6 is 15.9 Å². The lowest BCUT2D eigenvalue weighted by atomic mass is 9.69. The van der Waals surface area contributed by atoms with Gasteiger partial charge in [0, 0.05) is 16.7 Å². The van der Waals surface area contributed by atoms with Gasteiger partial charge in [0.15, 0.2) is 0 Å². The SMILES string of the molecule is CC1CCC(C)C(CN)(Nc2ccc(Br)cc2)C1. The van der Waals surface area contributed by atoms with Crippen molar-refractivity contribution in [3.63, 3.8) is 0 Å². The van der Waals surface area contributed by atoms with Crippen LogP contribution in [0.3, 0.4) is 0 Å². The predicted octanol–water partition coefficient (Wildman–Crippen LogP) is 4.01. The van der Waals surface area contributed by atoms with E-state index in [1.54, 1.807) is 0 Å². The van der Waals surface area contributed by atoms with Crippen molar-refractivity contribution in [3.05, 3.63) is 28.7 Å². The molecule has 0 heterocycles. The maximum absolute atomic E-state index is 6.10. The Kier molecular flexibility index (Phi) is 4.33. The Morgan fingerprint density at radius 1 is 1.28 bits per heavy atom. The van der Waals surface area contributed by atoms with Gasteiger partial charge in [0.05, 0.1) is 5.54 Å². The molecular formula is C15H23BrN2. The molecule has 100 valence electrons. The van der Waals surface area contributed by atoms with Gasteiger partial charge in [0.1, 0.15) is 0 Å². The molecule has 0 aliphatic heterocycles. The number of nitrogens with two attached hydrogens (primary N) is 1. The van der Waals surface area contributed by atoms with Crippen LogP contribution in [-0.4, -0.2) is 12.1 Å². The van der Waals surface area contributed by atoms with Gasteiger partial charge in [-0.15, -0.1) is 0 Å². The largest absolute Gasteiger partial charge is 0.378 e. The van der Waals surface area contributed by atoms with E-state index in [1.807, 2.05) is 0 Å². The molecule has 3 atom stereocenters. The second kappa shape index (κ2) is 5.62. The molecule has 0 radical (unpaired) electrons. The summed E-state index contributed by atoms with van der Waals surface area (Å²) in [7, 11) is 0. The normalized spacial score (nSPS) is 32.2. The van der Waals surface area contributed by atoms with E-state index in [9.17, 15) is 0 Å². The second-order valence-electron chi connectivity index (χ2n) is 5.78. The number of anilines is 1. The van der Waals surface area contributed by atoms with Crippen molar-refractivity contribution >= 4 is 21.6 Å². The van der Waals surface area contributed by atoms with Crippen LogP contribution in [0.1, 0.15) is 33.1 Å². The van der Waals surface area contributed by atoms with Gasteiger partial charge in [-0.2, -0.15) is 0 Å². The van der Waals surface area contributed by atoms with Crippen LogP contribution in [-0.2, 0) is 0 Å². The molecule has 3 heteroatoms. The molecule has 1 aromatic carbocycles. The summed E-state index contributed by atoms with van der Waals surface area (Å²) in [5, 5.41) is 3.71. The topological polar surface area (TPSA) is 38.0 Å². The van der Waals surface area contributed by atoms with E-state index in [1.165, 1.54) is 24.9 Å². The molecule has 18 heavy (non-hydrogen) atoms. The summed E-state index contributed by atoms with van der Waals surface area (Å²) in [4.78, 5) is 0. The molecular weight excluding hydrogens is 288 g/mol. The number of halogens is 1. The first kappa shape index (κ1) is 13.9. The highest BCUT2D eigenvalue weighted by Gasteiger charge is 2.39. The molecule has 1 aliphatic carbocycles. The maximum atomic E-state index is 6.10. The molecule has 0 aromatic heterocycles. The molecule has 0 spiro atoms. The van der Waals surface area contributed by atoms with Gasteiger partial charge < -0.3 is 11.1 Å². The molecule has 0 saturated heterocycles. The Balaban J connectivity index is 2.18. The van der Waals surface area contributed by atoms with Crippen LogP contribution in [0.5, 0.6) is 0 Å². The van der Waals surface area contributed by atoms with Crippen LogP contribution in [0.15, 0.2) is 28.7 Å². The van der Waals surface area contributed by atoms with Gasteiger partial charge in [0.25, 0.3) is 0 Å². The summed E-state index contributed by atoms with van der Waals surface area (Å²) in [6.07, 6.45) is 3.76. The van der Waals surface area contributed by atoms with Crippen molar-refractivity contribution in [1.82, 2.24) is 0 Å². The maximum Gasteiger partial charge on any atom is 0.0523 e. The number of rotatable bonds is 3. The van der Waals surface area contributed by atoms with Crippen molar-refractivity contribution in [2.75, 3.05) is 11.9 Å². The van der Waals surface area contributed by atoms with Gasteiger partial charge in [-0.3, -0.25) is 0 Å². The highest BCUT2D eigenvalue weighted by molar-refractivity contribution is 9.10. The van der Waals surface area contributed by atoms with E-state index >= 15 is 0 Å². The second-order valence-corrected chi connectivity index (χ2v) is 6.70. The summed E-state index contributed by atoms with van der Waals surface area (Å²) in [6, 6.07) is 8.38. The smallest absolute Gasteiger partial charge is 0.0523 e. The number of benzene rings is 1. The molecule has 2 nitrogen and oxygen atoms in total. The van der Waals surface area contributed by atoms with Crippen LogP contribution < -0.4 is 11.1 Å². The minimum absolute atomic E-state index is 0.0610. The molecule has 3 unspecified atom stereocenters. The zero-order chi connectivity index (χ0) is 13.2. The fraction of sp³-hybridized carbons (Fsp3) is 0.600. The van der Waals surface area contributed by atoms with Gasteiger partial charge in [0.2, 0.25) is 0 Å². The lowest BCUT2D eigenvalue weighted by Gasteiger charge is -2.45. The first-order valence-corrected chi connectivity index (χ1v) is 7.59. The zero-order valence-electron chi connectivity index (χ0n) is 11.2. The first-order valence-electron chi connectivity index (χ1n) is 6.79. The third-order valence-electron chi connectivity index (χ3n) is 4.35. The molecule has 1 saturated carbocycles. The highest BCUT2D eigenvalue weighted by Crippen LogP contribution is 2.38. The fourth-order valence-electron chi connectivity index (χ4n) is 3.07. The molecule has 3 N–H and O–H groups in total. The third-order valence-corrected chi connectivity index (χ3v) is 4.88. The van der Waals surface area contributed by atoms with Crippen LogP contribution in [0.2, 0.25) is 0 Å². The van der Waals surface area contributed by atoms with Crippen LogP contribution in [0.4, 0.5) is 5.69 Å². The number of hydrogen-bond donors (Lipinski definition) is 2. The summed E-state index contributed by atoms with van der Waals surface area (Å²) in [5.74, 6) is 1.38.